The monoisotopic (exact) mass is 228 g/mol. The van der Waals surface area contributed by atoms with E-state index >= 15 is 0 Å². The van der Waals surface area contributed by atoms with Gasteiger partial charge in [0.25, 0.3) is 0 Å². The summed E-state index contributed by atoms with van der Waals surface area (Å²) >= 11 is 5.58. The molecular formula is C12H17ClO2. The highest BCUT2D eigenvalue weighted by Gasteiger charge is 2.08. The van der Waals surface area contributed by atoms with E-state index in [1.165, 1.54) is 0 Å². The minimum atomic E-state index is -0.423. The fraction of sp³-hybridized carbons (Fsp3) is 0.500. The van der Waals surface area contributed by atoms with Crippen molar-refractivity contribution in [1.82, 2.24) is 0 Å². The summed E-state index contributed by atoms with van der Waals surface area (Å²) in [6.45, 7) is 1.97. The van der Waals surface area contributed by atoms with E-state index < -0.39 is 6.10 Å². The van der Waals surface area contributed by atoms with Crippen LogP contribution in [0.2, 0.25) is 0 Å². The van der Waals surface area contributed by atoms with Crippen molar-refractivity contribution in [2.45, 2.75) is 25.9 Å². The Balaban J connectivity index is 2.73. The third-order valence-electron chi connectivity index (χ3n) is 2.41. The molecule has 1 rings (SSSR count). The number of halogens is 1. The second-order valence-corrected chi connectivity index (χ2v) is 3.95. The van der Waals surface area contributed by atoms with E-state index in [2.05, 4.69) is 0 Å². The number of rotatable bonds is 5. The zero-order valence-electron chi connectivity index (χ0n) is 9.16. The van der Waals surface area contributed by atoms with Crippen LogP contribution >= 0.6 is 11.6 Å². The molecule has 0 aliphatic carbocycles. The number of alkyl halides is 1. The molecule has 0 radical (unpaired) electrons. The van der Waals surface area contributed by atoms with Crippen LogP contribution in [-0.4, -0.2) is 18.1 Å². The van der Waals surface area contributed by atoms with E-state index in [9.17, 15) is 5.11 Å². The van der Waals surface area contributed by atoms with Crippen molar-refractivity contribution < 1.29 is 9.84 Å². The van der Waals surface area contributed by atoms with Crippen LogP contribution in [-0.2, 0) is 0 Å². The molecule has 2 nitrogen and oxygen atoms in total. The smallest absolute Gasteiger partial charge is 0.121 e. The van der Waals surface area contributed by atoms with Gasteiger partial charge in [-0.2, -0.15) is 0 Å². The van der Waals surface area contributed by atoms with Crippen LogP contribution in [0.4, 0.5) is 0 Å². The Bertz CT molecular complexity index is 312. The lowest BCUT2D eigenvalue weighted by atomic mass is 10.0. The van der Waals surface area contributed by atoms with E-state index in [-0.39, 0.29) is 0 Å². The van der Waals surface area contributed by atoms with Crippen molar-refractivity contribution in [2.75, 3.05) is 13.0 Å². The molecule has 1 aromatic rings. The predicted octanol–water partition coefficient (Wildman–Crippen LogP) is 3.06. The summed E-state index contributed by atoms with van der Waals surface area (Å²) in [6.07, 6.45) is 1.11. The van der Waals surface area contributed by atoms with Gasteiger partial charge in [0.15, 0.2) is 0 Å². The van der Waals surface area contributed by atoms with Crippen molar-refractivity contribution in [2.24, 2.45) is 0 Å². The van der Waals surface area contributed by atoms with E-state index in [1.54, 1.807) is 7.11 Å². The number of hydrogen-bond acceptors (Lipinski definition) is 2. The minimum Gasteiger partial charge on any atom is -0.496 e. The van der Waals surface area contributed by atoms with Gasteiger partial charge in [-0.3, -0.25) is 0 Å². The summed E-state index contributed by atoms with van der Waals surface area (Å²) in [7, 11) is 1.64. The van der Waals surface area contributed by atoms with Gasteiger partial charge in [0, 0.05) is 5.88 Å². The SMILES string of the molecule is COc1ccc(C(O)CCCCl)cc1C. The maximum atomic E-state index is 9.84. The molecule has 1 N–H and O–H groups in total. The van der Waals surface area contributed by atoms with Gasteiger partial charge in [0.1, 0.15) is 5.75 Å². The summed E-state index contributed by atoms with van der Waals surface area (Å²) in [6, 6.07) is 5.73. The fourth-order valence-electron chi connectivity index (χ4n) is 1.55. The molecule has 0 fully saturated rings. The Morgan fingerprint density at radius 2 is 2.20 bits per heavy atom. The van der Waals surface area contributed by atoms with Crippen LogP contribution in [0.3, 0.4) is 0 Å². The average molecular weight is 229 g/mol. The molecule has 0 spiro atoms. The summed E-state index contributed by atoms with van der Waals surface area (Å²) in [5.74, 6) is 1.44. The number of aliphatic hydroxyl groups excluding tert-OH is 1. The number of aryl methyl sites for hydroxylation is 1. The second-order valence-electron chi connectivity index (χ2n) is 3.58. The van der Waals surface area contributed by atoms with Gasteiger partial charge in [0.2, 0.25) is 0 Å². The molecule has 0 saturated heterocycles. The van der Waals surface area contributed by atoms with Gasteiger partial charge in [-0.25, -0.2) is 0 Å². The molecule has 3 heteroatoms. The van der Waals surface area contributed by atoms with Crippen molar-refractivity contribution in [3.05, 3.63) is 29.3 Å². The highest BCUT2D eigenvalue weighted by Crippen LogP contribution is 2.24. The molecule has 0 aliphatic heterocycles. The zero-order valence-corrected chi connectivity index (χ0v) is 9.92. The van der Waals surface area contributed by atoms with E-state index in [1.807, 2.05) is 25.1 Å². The molecule has 1 unspecified atom stereocenters. The predicted molar refractivity (Wildman–Crippen MR) is 62.6 cm³/mol. The highest BCUT2D eigenvalue weighted by atomic mass is 35.5. The largest absolute Gasteiger partial charge is 0.496 e. The van der Waals surface area contributed by atoms with Crippen molar-refractivity contribution >= 4 is 11.6 Å². The highest BCUT2D eigenvalue weighted by molar-refractivity contribution is 6.17. The molecule has 0 aliphatic rings. The number of methoxy groups -OCH3 is 1. The molecular weight excluding hydrogens is 212 g/mol. The quantitative estimate of drug-likeness (QED) is 0.785. The van der Waals surface area contributed by atoms with Crippen molar-refractivity contribution in [3.63, 3.8) is 0 Å². The minimum absolute atomic E-state index is 0.423. The lowest BCUT2D eigenvalue weighted by molar-refractivity contribution is 0.166. The molecule has 0 heterocycles. The molecule has 0 saturated carbocycles. The second kappa shape index (κ2) is 5.99. The summed E-state index contributed by atoms with van der Waals surface area (Å²) in [4.78, 5) is 0. The standard InChI is InChI=1S/C12H17ClO2/c1-9-8-10(5-6-12(9)15-2)11(14)4-3-7-13/h5-6,8,11,14H,3-4,7H2,1-2H3. The Hall–Kier alpha value is -0.730. The third-order valence-corrected chi connectivity index (χ3v) is 2.68. The first-order chi connectivity index (χ1) is 7.19. The summed E-state index contributed by atoms with van der Waals surface area (Å²) in [5.41, 5.74) is 1.97. The van der Waals surface area contributed by atoms with Crippen molar-refractivity contribution in [3.8, 4) is 5.75 Å². The first-order valence-electron chi connectivity index (χ1n) is 5.07. The Morgan fingerprint density at radius 1 is 1.47 bits per heavy atom. The molecule has 0 bridgehead atoms. The summed E-state index contributed by atoms with van der Waals surface area (Å²) in [5, 5.41) is 9.84. The Labute approximate surface area is 95.8 Å². The maximum Gasteiger partial charge on any atom is 0.121 e. The van der Waals surface area contributed by atoms with Crippen molar-refractivity contribution in [1.29, 1.82) is 0 Å². The number of aliphatic hydroxyl groups is 1. The number of benzene rings is 1. The van der Waals surface area contributed by atoms with Crippen LogP contribution in [0.5, 0.6) is 5.75 Å². The van der Waals surface area contributed by atoms with E-state index in [4.69, 9.17) is 16.3 Å². The lowest BCUT2D eigenvalue weighted by Crippen LogP contribution is -1.99. The van der Waals surface area contributed by atoms with Crippen LogP contribution < -0.4 is 4.74 Å². The van der Waals surface area contributed by atoms with Crippen LogP contribution in [0, 0.1) is 6.92 Å². The topological polar surface area (TPSA) is 29.5 Å². The van der Waals surface area contributed by atoms with E-state index in [0.29, 0.717) is 12.3 Å². The summed E-state index contributed by atoms with van der Waals surface area (Å²) < 4.78 is 5.16. The molecule has 1 atom stereocenters. The molecule has 0 aromatic heterocycles. The normalized spacial score (nSPS) is 12.5. The molecule has 1 aromatic carbocycles. The van der Waals surface area contributed by atoms with Crippen LogP contribution in [0.1, 0.15) is 30.1 Å². The van der Waals surface area contributed by atoms with Gasteiger partial charge >= 0.3 is 0 Å². The Kier molecular flexibility index (Phi) is 4.92. The van der Waals surface area contributed by atoms with Gasteiger partial charge in [-0.1, -0.05) is 6.07 Å². The first-order valence-corrected chi connectivity index (χ1v) is 5.61. The number of ether oxygens (including phenoxy) is 1. The van der Waals surface area contributed by atoms with E-state index in [0.717, 1.165) is 23.3 Å². The van der Waals surface area contributed by atoms with Crippen LogP contribution in [0.25, 0.3) is 0 Å². The van der Waals surface area contributed by atoms with Gasteiger partial charge < -0.3 is 9.84 Å². The zero-order chi connectivity index (χ0) is 11.3. The average Bonchev–Trinajstić information content (AvgIpc) is 2.25. The molecule has 15 heavy (non-hydrogen) atoms. The third kappa shape index (κ3) is 3.40. The van der Waals surface area contributed by atoms with Gasteiger partial charge in [0.05, 0.1) is 13.2 Å². The fourth-order valence-corrected chi connectivity index (χ4v) is 1.70. The van der Waals surface area contributed by atoms with Gasteiger partial charge in [-0.15, -0.1) is 11.6 Å². The molecule has 84 valence electrons. The first kappa shape index (κ1) is 12.3. The maximum absolute atomic E-state index is 9.84. The Morgan fingerprint density at radius 3 is 2.73 bits per heavy atom. The molecule has 0 amide bonds. The number of hydrogen-bond donors (Lipinski definition) is 1. The van der Waals surface area contributed by atoms with Crippen LogP contribution in [0.15, 0.2) is 18.2 Å². The lowest BCUT2D eigenvalue weighted by Gasteiger charge is -2.12. The van der Waals surface area contributed by atoms with Gasteiger partial charge in [-0.05, 0) is 43.0 Å².